The van der Waals surface area contributed by atoms with Crippen molar-refractivity contribution < 1.29 is 41.8 Å². The maximum Gasteiger partial charge on any atom is 0.421 e. The Morgan fingerprint density at radius 3 is 2.49 bits per heavy atom. The number of methoxy groups -OCH3 is 1. The standard InChI is InChI=1S/C30H35F3N7O6P/c1-5-46-47(43,44)18-19-7-9-25(26(13-19)45-4)37-29-34-16-23(30(31,32)33)27(38-29)36-24-10-8-20(14-22(24)28(42)39(2)3)21-15-35-40(17-21)11-6-12-41/h7-10,13-17,41H,5-6,11-12,18H2,1-4H3,(H,43,44)(H2,34,36,37,38). The van der Waals surface area contributed by atoms with Gasteiger partial charge in [-0.25, -0.2) is 4.98 Å². The Labute approximate surface area is 268 Å². The molecule has 2 heterocycles. The molecule has 0 spiro atoms. The monoisotopic (exact) mass is 677 g/mol. The minimum Gasteiger partial charge on any atom is -0.495 e. The summed E-state index contributed by atoms with van der Waals surface area (Å²) in [5.74, 6) is -1.09. The van der Waals surface area contributed by atoms with Gasteiger partial charge in [0.05, 0.1) is 43.0 Å². The number of aryl methyl sites for hydroxylation is 1. The van der Waals surface area contributed by atoms with Crippen molar-refractivity contribution in [2.45, 2.75) is 32.2 Å². The normalized spacial score (nSPS) is 12.8. The Kier molecular flexibility index (Phi) is 11.2. The second kappa shape index (κ2) is 14.9. The topological polar surface area (TPSA) is 164 Å². The van der Waals surface area contributed by atoms with Crippen molar-refractivity contribution in [3.8, 4) is 16.9 Å². The van der Waals surface area contributed by atoms with E-state index in [2.05, 4.69) is 25.7 Å². The van der Waals surface area contributed by atoms with Gasteiger partial charge in [-0.2, -0.15) is 23.3 Å². The fourth-order valence-corrected chi connectivity index (χ4v) is 5.68. The third-order valence-corrected chi connectivity index (χ3v) is 8.17. The molecule has 2 aromatic carbocycles. The molecule has 0 aliphatic heterocycles. The summed E-state index contributed by atoms with van der Waals surface area (Å²) >= 11 is 0. The smallest absolute Gasteiger partial charge is 0.421 e. The van der Waals surface area contributed by atoms with Crippen LogP contribution in [-0.2, 0) is 28.0 Å². The third kappa shape index (κ3) is 9.07. The molecule has 1 unspecified atom stereocenters. The highest BCUT2D eigenvalue weighted by Crippen LogP contribution is 2.46. The van der Waals surface area contributed by atoms with E-state index >= 15 is 0 Å². The Bertz CT molecular complexity index is 1770. The molecule has 13 nitrogen and oxygen atoms in total. The van der Waals surface area contributed by atoms with Crippen LogP contribution >= 0.6 is 7.60 Å². The van der Waals surface area contributed by atoms with Crippen LogP contribution in [-0.4, -0.2) is 75.0 Å². The lowest BCUT2D eigenvalue weighted by Crippen LogP contribution is -2.23. The van der Waals surface area contributed by atoms with Crippen LogP contribution in [0.3, 0.4) is 0 Å². The number of alkyl halides is 3. The van der Waals surface area contributed by atoms with Crippen LogP contribution in [0.2, 0.25) is 0 Å². The van der Waals surface area contributed by atoms with Crippen LogP contribution in [0.15, 0.2) is 55.0 Å². The number of nitrogens with one attached hydrogen (secondary N) is 2. The van der Waals surface area contributed by atoms with E-state index in [0.717, 1.165) is 0 Å². The molecule has 0 fully saturated rings. The highest BCUT2D eigenvalue weighted by molar-refractivity contribution is 7.51. The lowest BCUT2D eigenvalue weighted by molar-refractivity contribution is -0.137. The van der Waals surface area contributed by atoms with Crippen LogP contribution in [0, 0.1) is 0 Å². The van der Waals surface area contributed by atoms with Gasteiger partial charge in [0.1, 0.15) is 17.1 Å². The van der Waals surface area contributed by atoms with E-state index in [1.165, 1.54) is 50.4 Å². The van der Waals surface area contributed by atoms with Crippen LogP contribution in [0.5, 0.6) is 5.75 Å². The number of anilines is 4. The molecule has 0 aliphatic rings. The molecular formula is C30H35F3N7O6P. The van der Waals surface area contributed by atoms with Crippen molar-refractivity contribution in [3.63, 3.8) is 0 Å². The number of hydrogen-bond acceptors (Lipinski definition) is 10. The number of aromatic nitrogens is 4. The van der Waals surface area contributed by atoms with Crippen LogP contribution in [0.25, 0.3) is 11.1 Å². The van der Waals surface area contributed by atoms with Crippen molar-refractivity contribution >= 4 is 36.6 Å². The highest BCUT2D eigenvalue weighted by Gasteiger charge is 2.36. The second-order valence-electron chi connectivity index (χ2n) is 10.5. The Hall–Kier alpha value is -4.50. The predicted molar refractivity (Wildman–Crippen MR) is 169 cm³/mol. The minimum atomic E-state index is -4.84. The molecule has 0 bridgehead atoms. The lowest BCUT2D eigenvalue weighted by Gasteiger charge is -2.19. The van der Waals surface area contributed by atoms with Gasteiger partial charge in [0, 0.05) is 45.2 Å². The van der Waals surface area contributed by atoms with Gasteiger partial charge < -0.3 is 34.8 Å². The quantitative estimate of drug-likeness (QED) is 0.122. The molecule has 0 saturated carbocycles. The minimum absolute atomic E-state index is 0.000772. The summed E-state index contributed by atoms with van der Waals surface area (Å²) in [6.07, 6.45) is -0.657. The first-order chi connectivity index (χ1) is 22.2. The number of halogens is 3. The Morgan fingerprint density at radius 2 is 1.83 bits per heavy atom. The summed E-state index contributed by atoms with van der Waals surface area (Å²) in [7, 11) is 0.520. The van der Waals surface area contributed by atoms with E-state index in [1.807, 2.05) is 0 Å². The molecular weight excluding hydrogens is 642 g/mol. The zero-order valence-electron chi connectivity index (χ0n) is 26.1. The number of aliphatic hydroxyl groups excluding tert-OH is 1. The molecule has 47 heavy (non-hydrogen) atoms. The average Bonchev–Trinajstić information content (AvgIpc) is 3.49. The SMILES string of the molecule is CCOP(=O)(O)Cc1ccc(Nc2ncc(C(F)(F)F)c(Nc3ccc(-c4cnn(CCCO)c4)cc3C(=O)N(C)C)n2)c(OC)c1. The van der Waals surface area contributed by atoms with Crippen molar-refractivity contribution in [2.24, 2.45) is 0 Å². The zero-order chi connectivity index (χ0) is 34.4. The first-order valence-electron chi connectivity index (χ1n) is 14.4. The first-order valence-corrected chi connectivity index (χ1v) is 16.1. The van der Waals surface area contributed by atoms with Gasteiger partial charge in [-0.3, -0.25) is 14.0 Å². The van der Waals surface area contributed by atoms with Gasteiger partial charge in [-0.1, -0.05) is 12.1 Å². The van der Waals surface area contributed by atoms with Crippen LogP contribution in [0.4, 0.5) is 36.3 Å². The first kappa shape index (κ1) is 35.4. The zero-order valence-corrected chi connectivity index (χ0v) is 27.0. The number of hydrogen-bond donors (Lipinski definition) is 4. The van der Waals surface area contributed by atoms with Gasteiger partial charge >= 0.3 is 13.8 Å². The van der Waals surface area contributed by atoms with Crippen molar-refractivity contribution in [2.75, 3.05) is 45.1 Å². The molecule has 4 rings (SSSR count). The molecule has 1 amide bonds. The van der Waals surface area contributed by atoms with E-state index in [0.29, 0.717) is 35.9 Å². The molecule has 0 aliphatic carbocycles. The fourth-order valence-electron chi connectivity index (χ4n) is 4.53. The molecule has 17 heteroatoms. The number of aliphatic hydroxyl groups is 1. The molecule has 4 aromatic rings. The number of ether oxygens (including phenoxy) is 1. The molecule has 1 atom stereocenters. The lowest BCUT2D eigenvalue weighted by atomic mass is 10.0. The summed E-state index contributed by atoms with van der Waals surface area (Å²) in [6.45, 7) is 2.14. The summed E-state index contributed by atoms with van der Waals surface area (Å²) in [5, 5.41) is 18.9. The van der Waals surface area contributed by atoms with Gasteiger partial charge in [-0.05, 0) is 48.7 Å². The van der Waals surface area contributed by atoms with Crippen molar-refractivity contribution in [3.05, 3.63) is 71.7 Å². The number of rotatable bonds is 14. The summed E-state index contributed by atoms with van der Waals surface area (Å²) in [6, 6.07) is 9.20. The number of carbonyl (C=O) groups excluding carboxylic acids is 1. The van der Waals surface area contributed by atoms with E-state index in [4.69, 9.17) is 14.4 Å². The van der Waals surface area contributed by atoms with Gasteiger partial charge in [0.2, 0.25) is 5.95 Å². The van der Waals surface area contributed by atoms with Crippen LogP contribution in [0.1, 0.15) is 34.8 Å². The summed E-state index contributed by atoms with van der Waals surface area (Å²) < 4.78 is 66.5. The molecule has 252 valence electrons. The fraction of sp³-hybridized carbons (Fsp3) is 0.333. The van der Waals surface area contributed by atoms with Gasteiger partial charge in [-0.15, -0.1) is 0 Å². The van der Waals surface area contributed by atoms with Crippen LogP contribution < -0.4 is 15.4 Å². The van der Waals surface area contributed by atoms with Gasteiger partial charge in [0.15, 0.2) is 0 Å². The van der Waals surface area contributed by atoms with Crippen molar-refractivity contribution in [1.82, 2.24) is 24.6 Å². The van der Waals surface area contributed by atoms with Crippen molar-refractivity contribution in [1.29, 1.82) is 0 Å². The Balaban J connectivity index is 1.69. The number of nitrogens with zero attached hydrogens (tertiary/aromatic N) is 5. The third-order valence-electron chi connectivity index (χ3n) is 6.74. The molecule has 0 saturated heterocycles. The van der Waals surface area contributed by atoms with Gasteiger partial charge in [0.25, 0.3) is 5.91 Å². The van der Waals surface area contributed by atoms with E-state index < -0.39 is 31.1 Å². The number of amides is 1. The van der Waals surface area contributed by atoms with E-state index in [9.17, 15) is 27.4 Å². The maximum atomic E-state index is 14.1. The highest BCUT2D eigenvalue weighted by atomic mass is 31.2. The second-order valence-corrected chi connectivity index (χ2v) is 12.3. The molecule has 2 aromatic heterocycles. The van der Waals surface area contributed by atoms with E-state index in [-0.39, 0.29) is 48.0 Å². The predicted octanol–water partition coefficient (Wildman–Crippen LogP) is 5.66. The average molecular weight is 678 g/mol. The maximum absolute atomic E-state index is 14.1. The summed E-state index contributed by atoms with van der Waals surface area (Å²) in [4.78, 5) is 32.4. The number of benzene rings is 2. The molecule has 4 N–H and O–H groups in total. The Morgan fingerprint density at radius 1 is 1.09 bits per heavy atom. The van der Waals surface area contributed by atoms with E-state index in [1.54, 1.807) is 36.1 Å². The largest absolute Gasteiger partial charge is 0.495 e. The number of carbonyl (C=O) groups is 1. The molecule has 0 radical (unpaired) electrons. The summed E-state index contributed by atoms with van der Waals surface area (Å²) in [5.41, 5.74) is 0.970.